The molecular weight excluding hydrogens is 192 g/mol. The number of carbonyl (C=O) groups is 1. The molecule has 1 rings (SSSR count). The SMILES string of the molecule is CC1=C(C(C)(C)N=C(N)C(=O)O)CC=C1. The molecule has 15 heavy (non-hydrogen) atoms. The van der Waals surface area contributed by atoms with Crippen LogP contribution in [0.25, 0.3) is 0 Å². The Labute approximate surface area is 89.2 Å². The first kappa shape index (κ1) is 11.5. The van der Waals surface area contributed by atoms with E-state index < -0.39 is 11.5 Å². The molecule has 0 aromatic carbocycles. The number of rotatable bonds is 2. The fourth-order valence-electron chi connectivity index (χ4n) is 1.76. The molecule has 0 fully saturated rings. The number of allylic oxidation sites excluding steroid dienone is 3. The molecule has 0 amide bonds. The summed E-state index contributed by atoms with van der Waals surface area (Å²) < 4.78 is 0. The molecule has 0 spiro atoms. The van der Waals surface area contributed by atoms with Gasteiger partial charge in [-0.15, -0.1) is 0 Å². The molecule has 0 saturated heterocycles. The molecule has 0 saturated carbocycles. The van der Waals surface area contributed by atoms with Crippen LogP contribution in [-0.4, -0.2) is 22.5 Å². The van der Waals surface area contributed by atoms with E-state index in [2.05, 4.69) is 4.99 Å². The van der Waals surface area contributed by atoms with Crippen LogP contribution in [0.4, 0.5) is 0 Å². The van der Waals surface area contributed by atoms with Gasteiger partial charge in [-0.2, -0.15) is 0 Å². The molecule has 4 heteroatoms. The maximum Gasteiger partial charge on any atom is 0.370 e. The monoisotopic (exact) mass is 208 g/mol. The Morgan fingerprint density at radius 1 is 1.60 bits per heavy atom. The lowest BCUT2D eigenvalue weighted by atomic mass is 9.91. The van der Waals surface area contributed by atoms with Crippen molar-refractivity contribution in [2.45, 2.75) is 32.7 Å². The van der Waals surface area contributed by atoms with Crippen LogP contribution in [0.15, 0.2) is 28.3 Å². The van der Waals surface area contributed by atoms with Crippen molar-refractivity contribution >= 4 is 11.8 Å². The summed E-state index contributed by atoms with van der Waals surface area (Å²) in [5.74, 6) is -1.51. The second kappa shape index (κ2) is 3.88. The fraction of sp³-hybridized carbons (Fsp3) is 0.455. The van der Waals surface area contributed by atoms with Crippen LogP contribution in [0.1, 0.15) is 27.2 Å². The van der Waals surface area contributed by atoms with E-state index in [0.29, 0.717) is 0 Å². The molecule has 4 nitrogen and oxygen atoms in total. The van der Waals surface area contributed by atoms with Crippen LogP contribution in [0.3, 0.4) is 0 Å². The fourth-order valence-corrected chi connectivity index (χ4v) is 1.76. The van der Waals surface area contributed by atoms with Crippen molar-refractivity contribution in [3.8, 4) is 0 Å². The molecule has 0 radical (unpaired) electrons. The number of aliphatic imine (C=N–C) groups is 1. The van der Waals surface area contributed by atoms with E-state index in [1.165, 1.54) is 0 Å². The maximum absolute atomic E-state index is 10.6. The molecule has 0 atom stereocenters. The molecule has 3 N–H and O–H groups in total. The summed E-state index contributed by atoms with van der Waals surface area (Å²) in [5, 5.41) is 8.67. The van der Waals surface area contributed by atoms with E-state index in [1.54, 1.807) is 0 Å². The lowest BCUT2D eigenvalue weighted by Crippen LogP contribution is -2.30. The first-order valence-corrected chi connectivity index (χ1v) is 4.80. The molecule has 1 aliphatic rings. The molecule has 0 aromatic heterocycles. The highest BCUT2D eigenvalue weighted by Crippen LogP contribution is 2.31. The van der Waals surface area contributed by atoms with Gasteiger partial charge in [0.05, 0.1) is 5.54 Å². The van der Waals surface area contributed by atoms with Crippen molar-refractivity contribution in [1.82, 2.24) is 0 Å². The Balaban J connectivity index is 2.99. The van der Waals surface area contributed by atoms with Gasteiger partial charge in [0, 0.05) is 0 Å². The van der Waals surface area contributed by atoms with E-state index in [-0.39, 0.29) is 5.84 Å². The molecule has 0 aromatic rings. The molecule has 0 aliphatic heterocycles. The zero-order valence-corrected chi connectivity index (χ0v) is 9.24. The second-order valence-corrected chi connectivity index (χ2v) is 4.13. The van der Waals surface area contributed by atoms with Crippen LogP contribution in [0, 0.1) is 0 Å². The van der Waals surface area contributed by atoms with Gasteiger partial charge in [0.1, 0.15) is 0 Å². The molecule has 0 heterocycles. The lowest BCUT2D eigenvalue weighted by molar-refractivity contribution is -0.129. The van der Waals surface area contributed by atoms with Gasteiger partial charge >= 0.3 is 5.97 Å². The first-order valence-electron chi connectivity index (χ1n) is 4.80. The zero-order valence-electron chi connectivity index (χ0n) is 9.24. The van der Waals surface area contributed by atoms with Crippen molar-refractivity contribution < 1.29 is 9.90 Å². The van der Waals surface area contributed by atoms with Gasteiger partial charge in [-0.25, -0.2) is 4.79 Å². The van der Waals surface area contributed by atoms with E-state index in [4.69, 9.17) is 10.8 Å². The number of hydrogen-bond acceptors (Lipinski definition) is 2. The Morgan fingerprint density at radius 2 is 2.20 bits per heavy atom. The number of nitrogens with zero attached hydrogens (tertiary/aromatic N) is 1. The summed E-state index contributed by atoms with van der Waals surface area (Å²) in [7, 11) is 0. The standard InChI is InChI=1S/C11H16N2O2/c1-7-5-4-6-8(7)11(2,3)13-9(12)10(14)15/h4-5H,6H2,1-3H3,(H2,12,13)(H,14,15). The van der Waals surface area contributed by atoms with Crippen molar-refractivity contribution in [3.05, 3.63) is 23.3 Å². The summed E-state index contributed by atoms with van der Waals surface area (Å²) in [6.07, 6.45) is 4.87. The normalized spacial score (nSPS) is 17.4. The Kier molecular flexibility index (Phi) is 2.98. The minimum atomic E-state index is -1.17. The van der Waals surface area contributed by atoms with Crippen LogP contribution in [0.2, 0.25) is 0 Å². The smallest absolute Gasteiger partial charge is 0.370 e. The molecule has 0 bridgehead atoms. The molecule has 82 valence electrons. The topological polar surface area (TPSA) is 75.7 Å². The van der Waals surface area contributed by atoms with E-state index in [1.807, 2.05) is 32.9 Å². The molecular formula is C11H16N2O2. The van der Waals surface area contributed by atoms with Crippen LogP contribution >= 0.6 is 0 Å². The predicted octanol–water partition coefficient (Wildman–Crippen LogP) is 1.48. The number of hydrogen-bond donors (Lipinski definition) is 2. The van der Waals surface area contributed by atoms with E-state index in [0.717, 1.165) is 17.6 Å². The van der Waals surface area contributed by atoms with Crippen LogP contribution in [-0.2, 0) is 4.79 Å². The van der Waals surface area contributed by atoms with Gasteiger partial charge in [0.15, 0.2) is 0 Å². The largest absolute Gasteiger partial charge is 0.475 e. The quantitative estimate of drug-likeness (QED) is 0.533. The van der Waals surface area contributed by atoms with Gasteiger partial charge in [-0.3, -0.25) is 4.99 Å². The molecule has 0 unspecified atom stereocenters. The number of amidine groups is 1. The Bertz CT molecular complexity index is 376. The van der Waals surface area contributed by atoms with Crippen LogP contribution in [0.5, 0.6) is 0 Å². The van der Waals surface area contributed by atoms with Crippen molar-refractivity contribution in [2.24, 2.45) is 10.7 Å². The summed E-state index contributed by atoms with van der Waals surface area (Å²) in [6.45, 7) is 5.73. The number of aliphatic carboxylic acids is 1. The average molecular weight is 208 g/mol. The van der Waals surface area contributed by atoms with Gasteiger partial charge in [0.25, 0.3) is 0 Å². The highest BCUT2D eigenvalue weighted by molar-refractivity contribution is 6.33. The van der Waals surface area contributed by atoms with Gasteiger partial charge < -0.3 is 10.8 Å². The zero-order chi connectivity index (χ0) is 11.6. The Hall–Kier alpha value is -1.58. The predicted molar refractivity (Wildman–Crippen MR) is 59.8 cm³/mol. The third-order valence-electron chi connectivity index (χ3n) is 2.52. The van der Waals surface area contributed by atoms with Crippen LogP contribution < -0.4 is 5.73 Å². The van der Waals surface area contributed by atoms with Gasteiger partial charge in [-0.1, -0.05) is 12.2 Å². The lowest BCUT2D eigenvalue weighted by Gasteiger charge is -2.23. The van der Waals surface area contributed by atoms with Crippen molar-refractivity contribution in [3.63, 3.8) is 0 Å². The van der Waals surface area contributed by atoms with E-state index in [9.17, 15) is 4.79 Å². The third-order valence-corrected chi connectivity index (χ3v) is 2.52. The summed E-state index contributed by atoms with van der Waals surface area (Å²) in [5.41, 5.74) is 7.04. The highest BCUT2D eigenvalue weighted by atomic mass is 16.4. The summed E-state index contributed by atoms with van der Waals surface area (Å²) >= 11 is 0. The minimum absolute atomic E-state index is 0.341. The summed E-state index contributed by atoms with van der Waals surface area (Å²) in [6, 6.07) is 0. The number of carboxylic acids is 1. The number of nitrogens with two attached hydrogens (primary N) is 1. The first-order chi connectivity index (χ1) is 6.84. The Morgan fingerprint density at radius 3 is 2.60 bits per heavy atom. The maximum atomic E-state index is 10.6. The summed E-state index contributed by atoms with van der Waals surface area (Å²) in [4.78, 5) is 14.6. The second-order valence-electron chi connectivity index (χ2n) is 4.13. The minimum Gasteiger partial charge on any atom is -0.475 e. The van der Waals surface area contributed by atoms with Crippen molar-refractivity contribution in [1.29, 1.82) is 0 Å². The molecule has 1 aliphatic carbocycles. The average Bonchev–Trinajstić information content (AvgIpc) is 2.50. The van der Waals surface area contributed by atoms with Gasteiger partial charge in [-0.05, 0) is 38.3 Å². The van der Waals surface area contributed by atoms with Gasteiger partial charge in [0.2, 0.25) is 5.84 Å². The third kappa shape index (κ3) is 2.46. The van der Waals surface area contributed by atoms with E-state index >= 15 is 0 Å². The number of carboxylic acid groups (broad SMARTS) is 1. The highest BCUT2D eigenvalue weighted by Gasteiger charge is 2.26. The van der Waals surface area contributed by atoms with Crippen molar-refractivity contribution in [2.75, 3.05) is 0 Å².